The number of rotatable bonds is 0. The first kappa shape index (κ1) is 8.88. The van der Waals surface area contributed by atoms with Crippen LogP contribution in [-0.4, -0.2) is 11.7 Å². The molecule has 0 aromatic carbocycles. The van der Waals surface area contributed by atoms with E-state index < -0.39 is 0 Å². The van der Waals surface area contributed by atoms with Gasteiger partial charge in [0.2, 0.25) is 0 Å². The van der Waals surface area contributed by atoms with Crippen LogP contribution in [0.3, 0.4) is 0 Å². The maximum absolute atomic E-state index is 7.57. The molecule has 1 N–H and O–H groups in total. The van der Waals surface area contributed by atoms with E-state index in [2.05, 4.69) is 0 Å². The van der Waals surface area contributed by atoms with Crippen LogP contribution >= 0.6 is 0 Å². The predicted octanol–water partition coefficient (Wildman–Crippen LogP) is -2.64. The van der Waals surface area contributed by atoms with Gasteiger partial charge in [0.25, 0.3) is 0 Å². The second kappa shape index (κ2) is 9.03. The molecule has 0 aromatic rings. The van der Waals surface area contributed by atoms with Gasteiger partial charge in [-0.25, -0.2) is 0 Å². The topological polar surface area (TPSA) is 20.2 Å². The SMILES string of the molecule is CCO.[H-].[HH].[Na+]. The van der Waals surface area contributed by atoms with Gasteiger partial charge in [0.1, 0.15) is 0 Å². The first-order valence-corrected chi connectivity index (χ1v) is 1.02. The third-order valence-electron chi connectivity index (χ3n) is 0. The molecule has 0 unspecified atom stereocenters. The van der Waals surface area contributed by atoms with Gasteiger partial charge in [-0.05, 0) is 6.92 Å². The molecule has 0 saturated carbocycles. The van der Waals surface area contributed by atoms with Gasteiger partial charge in [0, 0.05) is 8.03 Å². The molecule has 0 aromatic heterocycles. The zero-order chi connectivity index (χ0) is 2.71. The largest absolute Gasteiger partial charge is 1.00 e. The van der Waals surface area contributed by atoms with E-state index in [-0.39, 0.29) is 39.0 Å². The van der Waals surface area contributed by atoms with Crippen LogP contribution in [0.5, 0.6) is 0 Å². The Labute approximate surface area is 51.3 Å². The zero-order valence-electron chi connectivity index (χ0n) is 4.15. The molecule has 2 heteroatoms. The minimum Gasteiger partial charge on any atom is -1.00 e. The summed E-state index contributed by atoms with van der Waals surface area (Å²) in [6, 6.07) is 0. The predicted molar refractivity (Wildman–Crippen MR) is 16.0 cm³/mol. The molecule has 0 bridgehead atoms. The molecule has 0 spiro atoms. The van der Waals surface area contributed by atoms with E-state index in [1.54, 1.807) is 6.92 Å². The summed E-state index contributed by atoms with van der Waals surface area (Å²) >= 11 is 0. The average Bonchev–Trinajstić information content (AvgIpc) is 0.918. The van der Waals surface area contributed by atoms with Gasteiger partial charge in [-0.1, -0.05) is 0 Å². The maximum atomic E-state index is 7.57. The van der Waals surface area contributed by atoms with Crippen LogP contribution in [0.25, 0.3) is 0 Å². The fourth-order valence-electron chi connectivity index (χ4n) is 0. The van der Waals surface area contributed by atoms with E-state index in [0.29, 0.717) is 0 Å². The van der Waals surface area contributed by atoms with Gasteiger partial charge < -0.3 is 6.53 Å². The molecule has 0 fully saturated rings. The molecular weight excluding hydrogens is 63.0 g/mol. The molecule has 0 aliphatic carbocycles. The zero-order valence-corrected chi connectivity index (χ0v) is 5.15. The summed E-state index contributed by atoms with van der Waals surface area (Å²) < 4.78 is 0. The number of aliphatic hydroxyl groups excluding tert-OH is 1. The van der Waals surface area contributed by atoms with Crippen LogP contribution in [0, 0.1) is 0 Å². The van der Waals surface area contributed by atoms with Crippen molar-refractivity contribution in [3.8, 4) is 0 Å². The second-order valence-electron chi connectivity index (χ2n) is 0.316. The summed E-state index contributed by atoms with van der Waals surface area (Å²) in [5, 5.41) is 7.57. The van der Waals surface area contributed by atoms with Crippen molar-refractivity contribution in [2.24, 2.45) is 0 Å². The third-order valence-corrected chi connectivity index (χ3v) is 0. The summed E-state index contributed by atoms with van der Waals surface area (Å²) in [5.41, 5.74) is 0. The molecule has 0 heterocycles. The molecule has 24 valence electrons. The molecule has 0 rings (SSSR count). The molecule has 0 amide bonds. The Kier molecular flexibility index (Phi) is 20.0. The Morgan fingerprint density at radius 2 is 2.25 bits per heavy atom. The van der Waals surface area contributed by atoms with E-state index >= 15 is 0 Å². The minimum absolute atomic E-state index is 0. The van der Waals surface area contributed by atoms with Crippen molar-refractivity contribution < 1.29 is 37.5 Å². The molecule has 1 nitrogen and oxygen atoms in total. The molecule has 0 aliphatic rings. The van der Waals surface area contributed by atoms with Crippen molar-refractivity contribution in [1.29, 1.82) is 0 Å². The van der Waals surface area contributed by atoms with Gasteiger partial charge in [-0.2, -0.15) is 0 Å². The Morgan fingerprint density at radius 1 is 2.25 bits per heavy atom. The summed E-state index contributed by atoms with van der Waals surface area (Å²) in [6.45, 7) is 1.93. The summed E-state index contributed by atoms with van der Waals surface area (Å²) in [4.78, 5) is 0. The number of hydrogen-bond acceptors (Lipinski definition) is 1. The van der Waals surface area contributed by atoms with E-state index in [4.69, 9.17) is 5.11 Å². The molecule has 4 heavy (non-hydrogen) atoms. The van der Waals surface area contributed by atoms with Gasteiger partial charge in [-0.3, -0.25) is 0 Å². The third kappa shape index (κ3) is 12.3. The summed E-state index contributed by atoms with van der Waals surface area (Å²) in [6.07, 6.45) is 0. The fraction of sp³-hybridized carbons (Fsp3) is 1.00. The average molecular weight is 72.1 g/mol. The Hall–Kier alpha value is 0.960. The van der Waals surface area contributed by atoms with E-state index in [1.807, 2.05) is 0 Å². The number of aliphatic hydroxyl groups is 1. The molecule has 0 saturated heterocycles. The van der Waals surface area contributed by atoms with Crippen molar-refractivity contribution in [2.45, 2.75) is 6.92 Å². The van der Waals surface area contributed by atoms with Crippen molar-refractivity contribution in [1.82, 2.24) is 0 Å². The standard InChI is InChI=1S/C2H6O.Na.H2.H/c1-2-3;;;/h3H,2H2,1H3;;1H;/q;+1;;-1. The Bertz CT molecular complexity index is 11.5. The monoisotopic (exact) mass is 72.1 g/mol. The van der Waals surface area contributed by atoms with Crippen LogP contribution < -0.4 is 29.6 Å². The Balaban J connectivity index is -0.00000000667. The van der Waals surface area contributed by atoms with Crippen molar-refractivity contribution >= 4 is 0 Å². The van der Waals surface area contributed by atoms with Crippen molar-refractivity contribution in [3.63, 3.8) is 0 Å². The van der Waals surface area contributed by atoms with E-state index in [1.165, 1.54) is 0 Å². The van der Waals surface area contributed by atoms with Crippen molar-refractivity contribution in [3.05, 3.63) is 0 Å². The summed E-state index contributed by atoms with van der Waals surface area (Å²) in [5.74, 6) is 0. The van der Waals surface area contributed by atoms with Crippen LogP contribution in [0.1, 0.15) is 9.78 Å². The maximum Gasteiger partial charge on any atom is 1.00 e. The number of hydrogen-bond donors (Lipinski definition) is 1. The smallest absolute Gasteiger partial charge is 1.00 e. The quantitative estimate of drug-likeness (QED) is 0.310. The molecule has 0 radical (unpaired) electrons. The summed E-state index contributed by atoms with van der Waals surface area (Å²) in [7, 11) is 0. The van der Waals surface area contributed by atoms with Crippen LogP contribution in [0.4, 0.5) is 0 Å². The minimum atomic E-state index is 0. The van der Waals surface area contributed by atoms with Crippen LogP contribution in [0.2, 0.25) is 0 Å². The Morgan fingerprint density at radius 3 is 2.25 bits per heavy atom. The van der Waals surface area contributed by atoms with Crippen LogP contribution in [0.15, 0.2) is 0 Å². The molecule has 0 atom stereocenters. The van der Waals surface area contributed by atoms with Gasteiger partial charge in [0.15, 0.2) is 0 Å². The van der Waals surface area contributed by atoms with Gasteiger partial charge in [0.05, 0.1) is 0 Å². The van der Waals surface area contributed by atoms with Crippen molar-refractivity contribution in [2.75, 3.05) is 6.61 Å². The van der Waals surface area contributed by atoms with Gasteiger partial charge >= 0.3 is 29.6 Å². The van der Waals surface area contributed by atoms with E-state index in [0.717, 1.165) is 0 Å². The second-order valence-corrected chi connectivity index (χ2v) is 0.316. The van der Waals surface area contributed by atoms with E-state index in [9.17, 15) is 0 Å². The molecular formula is C2H9NaO. The first-order chi connectivity index (χ1) is 1.41. The fourth-order valence-corrected chi connectivity index (χ4v) is 0. The van der Waals surface area contributed by atoms with Crippen LogP contribution in [-0.2, 0) is 0 Å². The normalized spacial score (nSPS) is 4.50. The van der Waals surface area contributed by atoms with Gasteiger partial charge in [-0.15, -0.1) is 0 Å². The first-order valence-electron chi connectivity index (χ1n) is 1.02. The molecule has 0 aliphatic heterocycles.